The molecule has 0 radical (unpaired) electrons. The molecular formula is C20H20FN5O. The van der Waals surface area contributed by atoms with E-state index < -0.39 is 5.41 Å². The molecule has 2 N–H and O–H groups in total. The van der Waals surface area contributed by atoms with Crippen LogP contribution in [0.1, 0.15) is 31.9 Å². The minimum absolute atomic E-state index is 0.0766. The van der Waals surface area contributed by atoms with Crippen molar-refractivity contribution in [3.63, 3.8) is 0 Å². The van der Waals surface area contributed by atoms with E-state index in [9.17, 15) is 9.18 Å². The van der Waals surface area contributed by atoms with Crippen LogP contribution >= 0.6 is 0 Å². The minimum Gasteiger partial charge on any atom is -0.315 e. The lowest BCUT2D eigenvalue weighted by Crippen LogP contribution is -2.27. The van der Waals surface area contributed by atoms with E-state index in [1.54, 1.807) is 18.3 Å². The van der Waals surface area contributed by atoms with Crippen LogP contribution in [0.25, 0.3) is 22.2 Å². The average molecular weight is 365 g/mol. The van der Waals surface area contributed by atoms with E-state index in [1.807, 2.05) is 24.6 Å². The number of carbonyl (C=O) groups is 1. The summed E-state index contributed by atoms with van der Waals surface area (Å²) in [5.74, 6) is 0.223. The van der Waals surface area contributed by atoms with Crippen molar-refractivity contribution in [2.24, 2.45) is 0 Å². The molecule has 4 heterocycles. The topological polar surface area (TPSA) is 71.8 Å². The van der Waals surface area contributed by atoms with Gasteiger partial charge in [0.1, 0.15) is 17.3 Å². The Morgan fingerprint density at radius 1 is 1.30 bits per heavy atom. The van der Waals surface area contributed by atoms with E-state index in [1.165, 1.54) is 6.07 Å². The lowest BCUT2D eigenvalue weighted by atomic mass is 9.83. The van der Waals surface area contributed by atoms with Crippen LogP contribution < -0.4 is 10.6 Å². The van der Waals surface area contributed by atoms with Crippen molar-refractivity contribution < 1.29 is 9.18 Å². The Hall–Kier alpha value is -2.80. The van der Waals surface area contributed by atoms with Gasteiger partial charge in [-0.15, -0.1) is 0 Å². The number of anilines is 1. The first-order valence-electron chi connectivity index (χ1n) is 9.16. The van der Waals surface area contributed by atoms with Crippen LogP contribution in [0.5, 0.6) is 0 Å². The molecule has 2 aromatic heterocycles. The standard InChI is InChI=1S/C20H20FN5O/c1-20(2)16-14(6-8-23-18(16)24-19(20)27)17-13-4-3-11(21)9-15(13)26(25-17)12-5-7-22-10-12/h3-4,6,8-9,12,22H,5,7,10H2,1-2H3,(H,23,24,27)/t12-/m0/s1. The largest absolute Gasteiger partial charge is 0.315 e. The van der Waals surface area contributed by atoms with Crippen LogP contribution in [0.3, 0.4) is 0 Å². The highest BCUT2D eigenvalue weighted by Gasteiger charge is 2.42. The molecule has 7 heteroatoms. The number of fused-ring (bicyclic) bond motifs is 2. The molecule has 27 heavy (non-hydrogen) atoms. The fourth-order valence-electron chi connectivity index (χ4n) is 4.20. The van der Waals surface area contributed by atoms with Gasteiger partial charge in [-0.25, -0.2) is 9.37 Å². The van der Waals surface area contributed by atoms with Crippen LogP contribution in [0, 0.1) is 5.82 Å². The van der Waals surface area contributed by atoms with Gasteiger partial charge in [0.2, 0.25) is 5.91 Å². The summed E-state index contributed by atoms with van der Waals surface area (Å²) in [6.45, 7) is 5.51. The van der Waals surface area contributed by atoms with E-state index in [0.29, 0.717) is 5.82 Å². The smallest absolute Gasteiger partial charge is 0.235 e. The van der Waals surface area contributed by atoms with E-state index in [0.717, 1.165) is 47.2 Å². The molecule has 0 saturated carbocycles. The first-order valence-corrected chi connectivity index (χ1v) is 9.16. The fraction of sp³-hybridized carbons (Fsp3) is 0.350. The number of nitrogens with one attached hydrogen (secondary N) is 2. The lowest BCUT2D eigenvalue weighted by Gasteiger charge is -2.17. The van der Waals surface area contributed by atoms with E-state index in [-0.39, 0.29) is 17.8 Å². The van der Waals surface area contributed by atoms with Gasteiger partial charge in [0, 0.05) is 29.3 Å². The highest BCUT2D eigenvalue weighted by Crippen LogP contribution is 2.44. The molecule has 5 rings (SSSR count). The zero-order chi connectivity index (χ0) is 18.8. The zero-order valence-corrected chi connectivity index (χ0v) is 15.2. The van der Waals surface area contributed by atoms with Crippen LogP contribution in [-0.4, -0.2) is 33.8 Å². The summed E-state index contributed by atoms with van der Waals surface area (Å²) in [4.78, 5) is 16.8. The van der Waals surface area contributed by atoms with Crippen molar-refractivity contribution in [3.8, 4) is 11.3 Å². The first kappa shape index (κ1) is 16.4. The van der Waals surface area contributed by atoms with Crippen LogP contribution in [0.15, 0.2) is 30.5 Å². The van der Waals surface area contributed by atoms with Gasteiger partial charge in [0.25, 0.3) is 0 Å². The number of halogens is 1. The Morgan fingerprint density at radius 2 is 2.15 bits per heavy atom. The Morgan fingerprint density at radius 3 is 2.93 bits per heavy atom. The van der Waals surface area contributed by atoms with Crippen molar-refractivity contribution in [2.75, 3.05) is 18.4 Å². The van der Waals surface area contributed by atoms with E-state index in [2.05, 4.69) is 15.6 Å². The molecule has 1 fully saturated rings. The van der Waals surface area contributed by atoms with Crippen LogP contribution in [0.4, 0.5) is 10.2 Å². The Bertz CT molecular complexity index is 1080. The number of carbonyl (C=O) groups excluding carboxylic acids is 1. The predicted molar refractivity (Wildman–Crippen MR) is 101 cm³/mol. The second kappa shape index (κ2) is 5.60. The third-order valence-electron chi connectivity index (χ3n) is 5.68. The SMILES string of the molecule is CC1(C)C(=O)Nc2nccc(-c3nn([C@H]4CCNC4)c4cc(F)ccc34)c21. The number of benzene rings is 1. The summed E-state index contributed by atoms with van der Waals surface area (Å²) in [6.07, 6.45) is 2.63. The summed E-state index contributed by atoms with van der Waals surface area (Å²) < 4.78 is 15.9. The number of nitrogens with zero attached hydrogens (tertiary/aromatic N) is 3. The first-order chi connectivity index (χ1) is 13.0. The number of hydrogen-bond donors (Lipinski definition) is 2. The van der Waals surface area contributed by atoms with Crippen LogP contribution in [0.2, 0.25) is 0 Å². The fourth-order valence-corrected chi connectivity index (χ4v) is 4.20. The Balaban J connectivity index is 1.79. The summed E-state index contributed by atoms with van der Waals surface area (Å²) >= 11 is 0. The van der Waals surface area contributed by atoms with Crippen molar-refractivity contribution >= 4 is 22.6 Å². The summed E-state index contributed by atoms with van der Waals surface area (Å²) in [6, 6.07) is 6.85. The highest BCUT2D eigenvalue weighted by molar-refractivity contribution is 6.08. The molecule has 1 atom stereocenters. The number of amides is 1. The number of rotatable bonds is 2. The summed E-state index contributed by atoms with van der Waals surface area (Å²) in [5.41, 5.74) is 2.55. The molecule has 1 amide bonds. The molecule has 0 bridgehead atoms. The average Bonchev–Trinajstić information content (AvgIpc) is 3.32. The van der Waals surface area contributed by atoms with E-state index >= 15 is 0 Å². The van der Waals surface area contributed by atoms with Gasteiger partial charge in [-0.1, -0.05) is 0 Å². The third-order valence-corrected chi connectivity index (χ3v) is 5.68. The molecule has 1 aromatic carbocycles. The summed E-state index contributed by atoms with van der Waals surface area (Å²) in [5, 5.41) is 12.0. The van der Waals surface area contributed by atoms with Gasteiger partial charge in [0.05, 0.1) is 17.0 Å². The van der Waals surface area contributed by atoms with Crippen LogP contribution in [-0.2, 0) is 10.2 Å². The second-order valence-corrected chi connectivity index (χ2v) is 7.76. The molecule has 0 aliphatic carbocycles. The Kier molecular flexibility index (Phi) is 3.40. The van der Waals surface area contributed by atoms with Crippen molar-refractivity contribution in [2.45, 2.75) is 31.7 Å². The molecule has 138 valence electrons. The van der Waals surface area contributed by atoms with Gasteiger partial charge in [-0.2, -0.15) is 5.10 Å². The third kappa shape index (κ3) is 2.31. The minimum atomic E-state index is -0.704. The van der Waals surface area contributed by atoms with Gasteiger partial charge in [-0.3, -0.25) is 9.48 Å². The van der Waals surface area contributed by atoms with Crippen molar-refractivity contribution in [1.29, 1.82) is 0 Å². The lowest BCUT2D eigenvalue weighted by molar-refractivity contribution is -0.119. The molecule has 3 aromatic rings. The quantitative estimate of drug-likeness (QED) is 0.732. The molecule has 2 aliphatic rings. The molecule has 0 unspecified atom stereocenters. The molecule has 2 aliphatic heterocycles. The number of aromatic nitrogens is 3. The van der Waals surface area contributed by atoms with Gasteiger partial charge >= 0.3 is 0 Å². The number of pyridine rings is 1. The maximum absolute atomic E-state index is 14.0. The molecule has 1 saturated heterocycles. The summed E-state index contributed by atoms with van der Waals surface area (Å²) in [7, 11) is 0. The molecular weight excluding hydrogens is 345 g/mol. The highest BCUT2D eigenvalue weighted by atomic mass is 19.1. The Labute approximate surface area is 155 Å². The van der Waals surface area contributed by atoms with E-state index in [4.69, 9.17) is 5.10 Å². The van der Waals surface area contributed by atoms with Gasteiger partial charge < -0.3 is 10.6 Å². The zero-order valence-electron chi connectivity index (χ0n) is 15.2. The predicted octanol–water partition coefficient (Wildman–Crippen LogP) is 3.00. The monoisotopic (exact) mass is 365 g/mol. The van der Waals surface area contributed by atoms with Gasteiger partial charge in [-0.05, 0) is 51.1 Å². The van der Waals surface area contributed by atoms with Crippen molar-refractivity contribution in [3.05, 3.63) is 41.8 Å². The van der Waals surface area contributed by atoms with Gasteiger partial charge in [0.15, 0.2) is 0 Å². The number of hydrogen-bond acceptors (Lipinski definition) is 4. The molecule has 6 nitrogen and oxygen atoms in total. The second-order valence-electron chi connectivity index (χ2n) is 7.76. The normalized spacial score (nSPS) is 20.9. The maximum atomic E-state index is 14.0. The molecule has 0 spiro atoms. The maximum Gasteiger partial charge on any atom is 0.235 e. The van der Waals surface area contributed by atoms with Crippen molar-refractivity contribution in [1.82, 2.24) is 20.1 Å².